The SMILES string of the molecule is NC1=NCC(C2CCCSC2)N1. The van der Waals surface area contributed by atoms with E-state index >= 15 is 0 Å². The standard InChI is InChI=1S/C8H15N3S/c9-8-10-4-7(11-8)6-2-1-3-12-5-6/h6-7H,1-5H2,(H3,9,10,11). The molecule has 2 aliphatic heterocycles. The summed E-state index contributed by atoms with van der Waals surface area (Å²) in [6.45, 7) is 0.886. The van der Waals surface area contributed by atoms with E-state index in [0.717, 1.165) is 12.5 Å². The van der Waals surface area contributed by atoms with Crippen molar-refractivity contribution in [1.29, 1.82) is 0 Å². The van der Waals surface area contributed by atoms with Gasteiger partial charge >= 0.3 is 0 Å². The van der Waals surface area contributed by atoms with Gasteiger partial charge in [0.25, 0.3) is 0 Å². The molecule has 1 fully saturated rings. The molecule has 0 aromatic rings. The zero-order chi connectivity index (χ0) is 8.39. The Balaban J connectivity index is 1.85. The van der Waals surface area contributed by atoms with Crippen LogP contribution in [0.25, 0.3) is 0 Å². The number of nitrogens with two attached hydrogens (primary N) is 1. The second kappa shape index (κ2) is 3.56. The Morgan fingerprint density at radius 3 is 3.08 bits per heavy atom. The monoisotopic (exact) mass is 185 g/mol. The topological polar surface area (TPSA) is 50.4 Å². The molecular weight excluding hydrogens is 170 g/mol. The summed E-state index contributed by atoms with van der Waals surface area (Å²) in [4.78, 5) is 4.17. The van der Waals surface area contributed by atoms with E-state index < -0.39 is 0 Å². The Bertz CT molecular complexity index is 187. The van der Waals surface area contributed by atoms with Crippen LogP contribution in [0.2, 0.25) is 0 Å². The maximum absolute atomic E-state index is 5.56. The average Bonchev–Trinajstić information content (AvgIpc) is 2.54. The lowest BCUT2D eigenvalue weighted by Crippen LogP contribution is -2.41. The molecule has 2 heterocycles. The van der Waals surface area contributed by atoms with Crippen LogP contribution < -0.4 is 11.1 Å². The molecule has 0 amide bonds. The molecule has 0 aliphatic carbocycles. The van der Waals surface area contributed by atoms with Crippen LogP contribution >= 0.6 is 11.8 Å². The first-order chi connectivity index (χ1) is 5.86. The highest BCUT2D eigenvalue weighted by Gasteiger charge is 2.26. The van der Waals surface area contributed by atoms with Crippen molar-refractivity contribution < 1.29 is 0 Å². The summed E-state index contributed by atoms with van der Waals surface area (Å²) < 4.78 is 0. The predicted octanol–water partition coefficient (Wildman–Crippen LogP) is 0.416. The summed E-state index contributed by atoms with van der Waals surface area (Å²) in [5.74, 6) is 4.03. The van der Waals surface area contributed by atoms with Gasteiger partial charge in [-0.15, -0.1) is 0 Å². The molecule has 2 aliphatic rings. The van der Waals surface area contributed by atoms with Gasteiger partial charge in [0.2, 0.25) is 0 Å². The predicted molar refractivity (Wildman–Crippen MR) is 53.5 cm³/mol. The first-order valence-electron chi connectivity index (χ1n) is 4.50. The van der Waals surface area contributed by atoms with Crippen LogP contribution in [-0.4, -0.2) is 30.1 Å². The maximum atomic E-state index is 5.56. The molecule has 2 rings (SSSR count). The third-order valence-corrected chi connectivity index (χ3v) is 3.80. The van der Waals surface area contributed by atoms with E-state index in [9.17, 15) is 0 Å². The molecule has 0 radical (unpaired) electrons. The molecule has 0 bridgehead atoms. The lowest BCUT2D eigenvalue weighted by molar-refractivity contribution is 0.415. The second-order valence-corrected chi connectivity index (χ2v) is 4.60. The van der Waals surface area contributed by atoms with Crippen molar-refractivity contribution in [2.24, 2.45) is 16.6 Å². The normalized spacial score (nSPS) is 35.8. The minimum atomic E-state index is 0.526. The second-order valence-electron chi connectivity index (χ2n) is 3.45. The average molecular weight is 185 g/mol. The number of rotatable bonds is 1. The fraction of sp³-hybridized carbons (Fsp3) is 0.875. The number of hydrogen-bond acceptors (Lipinski definition) is 4. The number of aliphatic imine (C=N–C) groups is 1. The number of hydrogen-bond donors (Lipinski definition) is 2. The third kappa shape index (κ3) is 1.68. The third-order valence-electron chi connectivity index (χ3n) is 2.56. The highest BCUT2D eigenvalue weighted by atomic mass is 32.2. The molecule has 0 aromatic heterocycles. The zero-order valence-electron chi connectivity index (χ0n) is 7.12. The van der Waals surface area contributed by atoms with Gasteiger partial charge in [-0.05, 0) is 30.3 Å². The largest absolute Gasteiger partial charge is 0.370 e. The Labute approximate surface area is 77.2 Å². The van der Waals surface area contributed by atoms with Crippen molar-refractivity contribution in [3.63, 3.8) is 0 Å². The highest BCUT2D eigenvalue weighted by Crippen LogP contribution is 2.26. The number of guanidine groups is 1. The number of nitrogens with zero attached hydrogens (tertiary/aromatic N) is 1. The van der Waals surface area contributed by atoms with E-state index in [1.165, 1.54) is 24.3 Å². The fourth-order valence-corrected chi connectivity index (χ4v) is 3.07. The molecule has 3 nitrogen and oxygen atoms in total. The first kappa shape index (κ1) is 8.23. The molecule has 2 atom stereocenters. The van der Waals surface area contributed by atoms with E-state index in [1.807, 2.05) is 0 Å². The fourth-order valence-electron chi connectivity index (χ4n) is 1.83. The number of thioether (sulfide) groups is 1. The molecule has 2 unspecified atom stereocenters. The summed E-state index contributed by atoms with van der Waals surface area (Å²) in [5, 5.41) is 3.24. The molecule has 4 heteroatoms. The minimum Gasteiger partial charge on any atom is -0.370 e. The smallest absolute Gasteiger partial charge is 0.188 e. The lowest BCUT2D eigenvalue weighted by Gasteiger charge is -2.26. The van der Waals surface area contributed by atoms with Crippen molar-refractivity contribution in [3.8, 4) is 0 Å². The van der Waals surface area contributed by atoms with Gasteiger partial charge in [0.15, 0.2) is 5.96 Å². The Morgan fingerprint density at radius 1 is 1.58 bits per heavy atom. The van der Waals surface area contributed by atoms with Crippen molar-refractivity contribution in [1.82, 2.24) is 5.32 Å². The summed E-state index contributed by atoms with van der Waals surface area (Å²) in [7, 11) is 0. The van der Waals surface area contributed by atoms with Crippen LogP contribution in [0.15, 0.2) is 4.99 Å². The van der Waals surface area contributed by atoms with Crippen molar-refractivity contribution in [2.75, 3.05) is 18.1 Å². The molecule has 68 valence electrons. The molecular formula is C8H15N3S. The minimum absolute atomic E-state index is 0.526. The van der Waals surface area contributed by atoms with Gasteiger partial charge in [-0.25, -0.2) is 0 Å². The summed E-state index contributed by atoms with van der Waals surface area (Å²) in [5.41, 5.74) is 5.56. The Hall–Kier alpha value is -0.380. The summed E-state index contributed by atoms with van der Waals surface area (Å²) >= 11 is 2.06. The maximum Gasteiger partial charge on any atom is 0.188 e. The molecule has 0 saturated carbocycles. The van der Waals surface area contributed by atoms with E-state index in [-0.39, 0.29) is 0 Å². The van der Waals surface area contributed by atoms with Crippen LogP contribution in [0, 0.1) is 5.92 Å². The van der Waals surface area contributed by atoms with Gasteiger partial charge in [0.05, 0.1) is 12.6 Å². The van der Waals surface area contributed by atoms with Gasteiger partial charge < -0.3 is 11.1 Å². The van der Waals surface area contributed by atoms with Gasteiger partial charge in [-0.2, -0.15) is 11.8 Å². The molecule has 12 heavy (non-hydrogen) atoms. The van der Waals surface area contributed by atoms with Crippen molar-refractivity contribution >= 4 is 17.7 Å². The quantitative estimate of drug-likeness (QED) is 0.622. The van der Waals surface area contributed by atoms with Crippen LogP contribution in [0.1, 0.15) is 12.8 Å². The van der Waals surface area contributed by atoms with E-state index in [1.54, 1.807) is 0 Å². The van der Waals surface area contributed by atoms with Crippen molar-refractivity contribution in [2.45, 2.75) is 18.9 Å². The van der Waals surface area contributed by atoms with Gasteiger partial charge in [0, 0.05) is 0 Å². The molecule has 3 N–H and O–H groups in total. The van der Waals surface area contributed by atoms with Gasteiger partial charge in [0.1, 0.15) is 0 Å². The van der Waals surface area contributed by atoms with Gasteiger partial charge in [-0.1, -0.05) is 0 Å². The highest BCUT2D eigenvalue weighted by molar-refractivity contribution is 7.99. The van der Waals surface area contributed by atoms with E-state index in [0.29, 0.717) is 12.0 Å². The molecule has 0 aromatic carbocycles. The van der Waals surface area contributed by atoms with Crippen LogP contribution in [0.4, 0.5) is 0 Å². The summed E-state index contributed by atoms with van der Waals surface area (Å²) in [6, 6.07) is 0.526. The first-order valence-corrected chi connectivity index (χ1v) is 5.66. The van der Waals surface area contributed by atoms with Gasteiger partial charge in [-0.3, -0.25) is 4.99 Å². The summed E-state index contributed by atoms with van der Waals surface area (Å²) in [6.07, 6.45) is 2.70. The van der Waals surface area contributed by atoms with E-state index in [2.05, 4.69) is 22.1 Å². The molecule has 0 spiro atoms. The molecule has 1 saturated heterocycles. The van der Waals surface area contributed by atoms with Crippen LogP contribution in [-0.2, 0) is 0 Å². The Morgan fingerprint density at radius 2 is 2.50 bits per heavy atom. The Kier molecular flexibility index (Phi) is 2.44. The van der Waals surface area contributed by atoms with Crippen molar-refractivity contribution in [3.05, 3.63) is 0 Å². The lowest BCUT2D eigenvalue weighted by atomic mass is 9.97. The van der Waals surface area contributed by atoms with Crippen LogP contribution in [0.3, 0.4) is 0 Å². The van der Waals surface area contributed by atoms with Crippen LogP contribution in [0.5, 0.6) is 0 Å². The number of nitrogens with one attached hydrogen (secondary N) is 1. The van der Waals surface area contributed by atoms with E-state index in [4.69, 9.17) is 5.73 Å². The zero-order valence-corrected chi connectivity index (χ0v) is 7.94.